The van der Waals surface area contributed by atoms with Gasteiger partial charge in [0.2, 0.25) is 5.91 Å². The summed E-state index contributed by atoms with van der Waals surface area (Å²) < 4.78 is 0. The lowest BCUT2D eigenvalue weighted by Crippen LogP contribution is -2.30. The quantitative estimate of drug-likeness (QED) is 0.506. The Balaban J connectivity index is 1.69. The number of nitrogens with one attached hydrogen (secondary N) is 1. The molecular formula is C23H22N2O. The van der Waals surface area contributed by atoms with Crippen molar-refractivity contribution in [3.8, 4) is 0 Å². The summed E-state index contributed by atoms with van der Waals surface area (Å²) in [6.45, 7) is 0. The van der Waals surface area contributed by atoms with Gasteiger partial charge in [-0.1, -0.05) is 91.0 Å². The van der Waals surface area contributed by atoms with Gasteiger partial charge in [-0.15, -0.1) is 0 Å². The van der Waals surface area contributed by atoms with E-state index in [1.807, 2.05) is 66.7 Å². The first-order valence-corrected chi connectivity index (χ1v) is 8.77. The zero-order valence-electron chi connectivity index (χ0n) is 14.6. The molecule has 1 N–H and O–H groups in total. The van der Waals surface area contributed by atoms with Gasteiger partial charge in [0.1, 0.15) is 0 Å². The van der Waals surface area contributed by atoms with E-state index in [9.17, 15) is 4.79 Å². The molecule has 1 amide bonds. The molecule has 0 aliphatic heterocycles. The SMILES string of the molecule is O=C(N/N=C/c1ccccc1)C(Cc1ccccc1)Cc1ccccc1. The fourth-order valence-electron chi connectivity index (χ4n) is 2.86. The summed E-state index contributed by atoms with van der Waals surface area (Å²) in [6.07, 6.45) is 3.03. The summed E-state index contributed by atoms with van der Waals surface area (Å²) >= 11 is 0. The molecule has 0 atom stereocenters. The topological polar surface area (TPSA) is 41.5 Å². The Hall–Kier alpha value is -3.20. The first-order chi connectivity index (χ1) is 12.8. The summed E-state index contributed by atoms with van der Waals surface area (Å²) in [7, 11) is 0. The van der Waals surface area contributed by atoms with Crippen molar-refractivity contribution in [3.63, 3.8) is 0 Å². The van der Waals surface area contributed by atoms with Gasteiger partial charge in [0.25, 0.3) is 0 Å². The molecule has 130 valence electrons. The molecular weight excluding hydrogens is 320 g/mol. The summed E-state index contributed by atoms with van der Waals surface area (Å²) in [5.41, 5.74) is 5.95. The average Bonchev–Trinajstić information content (AvgIpc) is 2.70. The minimum atomic E-state index is -0.173. The van der Waals surface area contributed by atoms with Crippen LogP contribution >= 0.6 is 0 Å². The lowest BCUT2D eigenvalue weighted by Gasteiger charge is -2.15. The molecule has 3 aromatic carbocycles. The van der Waals surface area contributed by atoms with Crippen molar-refractivity contribution < 1.29 is 4.79 Å². The molecule has 0 saturated carbocycles. The summed E-state index contributed by atoms with van der Waals surface area (Å²) in [5, 5.41) is 4.12. The van der Waals surface area contributed by atoms with Crippen LogP contribution in [0.25, 0.3) is 0 Å². The van der Waals surface area contributed by atoms with Gasteiger partial charge in [-0.05, 0) is 29.5 Å². The van der Waals surface area contributed by atoms with Crippen molar-refractivity contribution in [2.75, 3.05) is 0 Å². The zero-order chi connectivity index (χ0) is 18.0. The Bertz CT molecular complexity index is 788. The number of amides is 1. The van der Waals surface area contributed by atoms with Crippen molar-refractivity contribution in [1.29, 1.82) is 0 Å². The van der Waals surface area contributed by atoms with E-state index in [1.165, 1.54) is 0 Å². The highest BCUT2D eigenvalue weighted by atomic mass is 16.2. The molecule has 0 aromatic heterocycles. The van der Waals surface area contributed by atoms with Crippen LogP contribution in [-0.4, -0.2) is 12.1 Å². The van der Waals surface area contributed by atoms with Crippen LogP contribution in [0.2, 0.25) is 0 Å². The van der Waals surface area contributed by atoms with Crippen molar-refractivity contribution in [1.82, 2.24) is 5.43 Å². The molecule has 3 rings (SSSR count). The molecule has 3 heteroatoms. The minimum Gasteiger partial charge on any atom is -0.273 e. The predicted molar refractivity (Wildman–Crippen MR) is 106 cm³/mol. The number of benzene rings is 3. The second kappa shape index (κ2) is 9.33. The van der Waals surface area contributed by atoms with Crippen molar-refractivity contribution >= 4 is 12.1 Å². The third kappa shape index (κ3) is 5.42. The Morgan fingerprint density at radius 1 is 0.769 bits per heavy atom. The van der Waals surface area contributed by atoms with E-state index in [0.29, 0.717) is 12.8 Å². The van der Waals surface area contributed by atoms with Crippen molar-refractivity contribution in [3.05, 3.63) is 108 Å². The zero-order valence-corrected chi connectivity index (χ0v) is 14.6. The molecule has 0 heterocycles. The maximum atomic E-state index is 12.7. The van der Waals surface area contributed by atoms with Crippen LogP contribution in [0.4, 0.5) is 0 Å². The molecule has 0 fully saturated rings. The molecule has 3 aromatic rings. The number of carbonyl (C=O) groups excluding carboxylic acids is 1. The molecule has 0 bridgehead atoms. The van der Waals surface area contributed by atoms with Gasteiger partial charge in [0.15, 0.2) is 0 Å². The first kappa shape index (κ1) is 17.6. The van der Waals surface area contributed by atoms with E-state index in [2.05, 4.69) is 34.8 Å². The van der Waals surface area contributed by atoms with Gasteiger partial charge in [-0.25, -0.2) is 5.43 Å². The molecule has 0 unspecified atom stereocenters. The van der Waals surface area contributed by atoms with Crippen molar-refractivity contribution in [2.45, 2.75) is 12.8 Å². The van der Waals surface area contributed by atoms with Crippen LogP contribution in [0, 0.1) is 5.92 Å². The Labute approximate surface area is 154 Å². The summed E-state index contributed by atoms with van der Waals surface area (Å²) in [6, 6.07) is 29.9. The normalized spacial score (nSPS) is 11.0. The highest BCUT2D eigenvalue weighted by Gasteiger charge is 2.19. The molecule has 0 aliphatic carbocycles. The smallest absolute Gasteiger partial charge is 0.243 e. The van der Waals surface area contributed by atoms with E-state index in [1.54, 1.807) is 6.21 Å². The van der Waals surface area contributed by atoms with Crippen LogP contribution < -0.4 is 5.43 Å². The maximum absolute atomic E-state index is 12.7. The molecule has 0 aliphatic rings. The van der Waals surface area contributed by atoms with Gasteiger partial charge >= 0.3 is 0 Å². The van der Waals surface area contributed by atoms with Crippen LogP contribution in [0.15, 0.2) is 96.1 Å². The van der Waals surface area contributed by atoms with Crippen LogP contribution in [0.1, 0.15) is 16.7 Å². The number of carbonyl (C=O) groups is 1. The number of nitrogens with zero attached hydrogens (tertiary/aromatic N) is 1. The average molecular weight is 342 g/mol. The second-order valence-corrected chi connectivity index (χ2v) is 6.22. The Morgan fingerprint density at radius 2 is 1.23 bits per heavy atom. The Kier molecular flexibility index (Phi) is 6.32. The lowest BCUT2D eigenvalue weighted by atomic mass is 9.92. The Morgan fingerprint density at radius 3 is 1.73 bits per heavy atom. The highest BCUT2D eigenvalue weighted by Crippen LogP contribution is 2.15. The monoisotopic (exact) mass is 342 g/mol. The maximum Gasteiger partial charge on any atom is 0.243 e. The van der Waals surface area contributed by atoms with Crippen LogP contribution in [0.5, 0.6) is 0 Å². The lowest BCUT2D eigenvalue weighted by molar-refractivity contribution is -0.124. The van der Waals surface area contributed by atoms with E-state index >= 15 is 0 Å². The molecule has 0 radical (unpaired) electrons. The van der Waals surface area contributed by atoms with Gasteiger partial charge in [0.05, 0.1) is 6.21 Å². The minimum absolute atomic E-state index is 0.0649. The fourth-order valence-corrected chi connectivity index (χ4v) is 2.86. The van der Waals surface area contributed by atoms with E-state index in [-0.39, 0.29) is 11.8 Å². The predicted octanol–water partition coefficient (Wildman–Crippen LogP) is 4.24. The first-order valence-electron chi connectivity index (χ1n) is 8.77. The number of hydrazone groups is 1. The van der Waals surface area contributed by atoms with Crippen LogP contribution in [-0.2, 0) is 17.6 Å². The number of hydrogen-bond donors (Lipinski definition) is 1. The standard InChI is InChI=1S/C23H22N2O/c26-23(25-24-18-21-14-8-3-9-15-21)22(16-19-10-4-1-5-11-19)17-20-12-6-2-7-13-20/h1-15,18,22H,16-17H2,(H,25,26)/b24-18+. The largest absolute Gasteiger partial charge is 0.273 e. The summed E-state index contributed by atoms with van der Waals surface area (Å²) in [5.74, 6) is -0.238. The van der Waals surface area contributed by atoms with Gasteiger partial charge in [-0.2, -0.15) is 5.10 Å². The van der Waals surface area contributed by atoms with E-state index in [4.69, 9.17) is 0 Å². The van der Waals surface area contributed by atoms with Gasteiger partial charge < -0.3 is 0 Å². The number of rotatable bonds is 7. The highest BCUT2D eigenvalue weighted by molar-refractivity contribution is 5.83. The molecule has 0 saturated heterocycles. The molecule has 26 heavy (non-hydrogen) atoms. The third-order valence-corrected chi connectivity index (χ3v) is 4.21. The van der Waals surface area contributed by atoms with Crippen molar-refractivity contribution in [2.24, 2.45) is 11.0 Å². The van der Waals surface area contributed by atoms with E-state index < -0.39 is 0 Å². The van der Waals surface area contributed by atoms with Gasteiger partial charge in [0, 0.05) is 5.92 Å². The van der Waals surface area contributed by atoms with Gasteiger partial charge in [-0.3, -0.25) is 4.79 Å². The fraction of sp³-hybridized carbons (Fsp3) is 0.130. The summed E-state index contributed by atoms with van der Waals surface area (Å²) in [4.78, 5) is 12.7. The number of hydrogen-bond acceptors (Lipinski definition) is 2. The van der Waals surface area contributed by atoms with E-state index in [0.717, 1.165) is 16.7 Å². The molecule has 0 spiro atoms. The molecule has 3 nitrogen and oxygen atoms in total. The third-order valence-electron chi connectivity index (χ3n) is 4.21. The van der Waals surface area contributed by atoms with Crippen LogP contribution in [0.3, 0.4) is 0 Å². The second-order valence-electron chi connectivity index (χ2n) is 6.22.